The summed E-state index contributed by atoms with van der Waals surface area (Å²) in [4.78, 5) is 13.7. The van der Waals surface area contributed by atoms with E-state index >= 15 is 0 Å². The van der Waals surface area contributed by atoms with Crippen molar-refractivity contribution in [2.75, 3.05) is 0 Å². The molecule has 5 nitrogen and oxygen atoms in total. The molecule has 0 aliphatic rings. The van der Waals surface area contributed by atoms with E-state index in [9.17, 15) is 18.0 Å². The minimum Gasteiger partial charge on any atom is -0.475 e. The van der Waals surface area contributed by atoms with Crippen molar-refractivity contribution in [2.45, 2.75) is 6.18 Å². The van der Waals surface area contributed by atoms with E-state index < -0.39 is 29.5 Å². The standard InChI is InChI=1S/C9H3ClF3NO4/c10-4-2-1-3(17-4)7-14-6(9(11,12)13)5(18-7)8(15)16/h1-2H,(H,15,16). The molecule has 0 aliphatic carbocycles. The van der Waals surface area contributed by atoms with Gasteiger partial charge in [-0.05, 0) is 23.7 Å². The normalized spacial score (nSPS) is 11.8. The minimum absolute atomic E-state index is 0.0892. The number of hydrogen-bond donors (Lipinski definition) is 1. The third kappa shape index (κ3) is 2.19. The summed E-state index contributed by atoms with van der Waals surface area (Å²) >= 11 is 5.43. The van der Waals surface area contributed by atoms with Gasteiger partial charge >= 0.3 is 12.1 Å². The van der Waals surface area contributed by atoms with Crippen LogP contribution in [-0.4, -0.2) is 16.1 Å². The van der Waals surface area contributed by atoms with Crippen LogP contribution < -0.4 is 0 Å². The number of nitrogens with zero attached hydrogens (tertiary/aromatic N) is 1. The summed E-state index contributed by atoms with van der Waals surface area (Å²) in [6.07, 6.45) is -4.94. The Morgan fingerprint density at radius 1 is 1.33 bits per heavy atom. The van der Waals surface area contributed by atoms with Gasteiger partial charge in [-0.15, -0.1) is 0 Å². The number of alkyl halides is 3. The van der Waals surface area contributed by atoms with Gasteiger partial charge in [-0.25, -0.2) is 9.78 Å². The molecular weight excluding hydrogens is 279 g/mol. The Bertz CT molecular complexity index is 601. The second kappa shape index (κ2) is 4.05. The molecule has 0 spiro atoms. The van der Waals surface area contributed by atoms with E-state index in [0.717, 1.165) is 0 Å². The van der Waals surface area contributed by atoms with Crippen molar-refractivity contribution in [2.24, 2.45) is 0 Å². The molecule has 0 amide bonds. The van der Waals surface area contributed by atoms with Crippen molar-refractivity contribution in [3.05, 3.63) is 28.8 Å². The first-order valence-electron chi connectivity index (χ1n) is 4.36. The largest absolute Gasteiger partial charge is 0.475 e. The SMILES string of the molecule is O=C(O)c1oc(-c2ccc(Cl)o2)nc1C(F)(F)F. The van der Waals surface area contributed by atoms with Crippen LogP contribution in [0.3, 0.4) is 0 Å². The molecule has 0 bridgehead atoms. The average molecular weight is 282 g/mol. The summed E-state index contributed by atoms with van der Waals surface area (Å²) in [7, 11) is 0. The molecule has 0 atom stereocenters. The number of hydrogen-bond acceptors (Lipinski definition) is 4. The van der Waals surface area contributed by atoms with Crippen LogP contribution >= 0.6 is 11.6 Å². The van der Waals surface area contributed by atoms with Crippen molar-refractivity contribution in [3.8, 4) is 11.7 Å². The van der Waals surface area contributed by atoms with E-state index in [-0.39, 0.29) is 11.0 Å². The lowest BCUT2D eigenvalue weighted by Gasteiger charge is -2.00. The predicted octanol–water partition coefficient (Wildman–Crippen LogP) is 3.30. The van der Waals surface area contributed by atoms with Gasteiger partial charge in [-0.1, -0.05) is 0 Å². The maximum atomic E-state index is 12.5. The molecule has 0 saturated carbocycles. The fourth-order valence-corrected chi connectivity index (χ4v) is 1.34. The van der Waals surface area contributed by atoms with Crippen molar-refractivity contribution in [3.63, 3.8) is 0 Å². The molecule has 2 aromatic heterocycles. The van der Waals surface area contributed by atoms with E-state index in [1.807, 2.05) is 0 Å². The molecular formula is C9H3ClF3NO4. The lowest BCUT2D eigenvalue weighted by molar-refractivity contribution is -0.141. The van der Waals surface area contributed by atoms with E-state index in [1.54, 1.807) is 0 Å². The number of aromatic nitrogens is 1. The molecule has 18 heavy (non-hydrogen) atoms. The van der Waals surface area contributed by atoms with Gasteiger partial charge in [-0.2, -0.15) is 13.2 Å². The third-order valence-corrected chi connectivity index (χ3v) is 2.08. The summed E-state index contributed by atoms with van der Waals surface area (Å²) in [6.45, 7) is 0. The Kier molecular flexibility index (Phi) is 2.81. The molecule has 2 aromatic rings. The Morgan fingerprint density at radius 3 is 2.39 bits per heavy atom. The molecule has 2 rings (SSSR count). The second-order valence-electron chi connectivity index (χ2n) is 3.10. The number of aromatic carboxylic acids is 1. The molecule has 0 unspecified atom stereocenters. The average Bonchev–Trinajstić information content (AvgIpc) is 2.81. The fourth-order valence-electron chi connectivity index (χ4n) is 1.19. The number of rotatable bonds is 2. The highest BCUT2D eigenvalue weighted by Gasteiger charge is 2.41. The molecule has 0 radical (unpaired) electrons. The molecule has 0 aromatic carbocycles. The third-order valence-electron chi connectivity index (χ3n) is 1.87. The zero-order valence-electron chi connectivity index (χ0n) is 8.29. The number of carbonyl (C=O) groups is 1. The van der Waals surface area contributed by atoms with E-state index in [2.05, 4.69) is 9.40 Å². The number of oxazole rings is 1. The quantitative estimate of drug-likeness (QED) is 0.914. The smallest absolute Gasteiger partial charge is 0.437 e. The van der Waals surface area contributed by atoms with Gasteiger partial charge in [0, 0.05) is 0 Å². The highest BCUT2D eigenvalue weighted by Crippen LogP contribution is 2.35. The summed E-state index contributed by atoms with van der Waals surface area (Å²) < 4.78 is 46.8. The lowest BCUT2D eigenvalue weighted by Crippen LogP contribution is -2.11. The Labute approximate surface area is 102 Å². The van der Waals surface area contributed by atoms with Crippen molar-refractivity contribution < 1.29 is 31.9 Å². The molecule has 2 heterocycles. The molecule has 0 fully saturated rings. The number of halogens is 4. The maximum absolute atomic E-state index is 12.5. The first-order chi connectivity index (χ1) is 8.29. The highest BCUT2D eigenvalue weighted by molar-refractivity contribution is 6.28. The zero-order chi connectivity index (χ0) is 13.5. The van der Waals surface area contributed by atoms with Crippen molar-refractivity contribution in [1.82, 2.24) is 4.98 Å². The van der Waals surface area contributed by atoms with Gasteiger partial charge in [-0.3, -0.25) is 0 Å². The van der Waals surface area contributed by atoms with E-state index in [1.165, 1.54) is 12.1 Å². The first kappa shape index (κ1) is 12.5. The lowest BCUT2D eigenvalue weighted by atomic mass is 10.3. The number of furan rings is 1. The van der Waals surface area contributed by atoms with Gasteiger partial charge in [0.2, 0.25) is 5.76 Å². The molecule has 0 saturated heterocycles. The molecule has 9 heteroatoms. The Balaban J connectivity index is 2.56. The summed E-state index contributed by atoms with van der Waals surface area (Å²) in [5.41, 5.74) is -1.63. The fraction of sp³-hybridized carbons (Fsp3) is 0.111. The van der Waals surface area contributed by atoms with Crippen LogP contribution in [0.15, 0.2) is 21.0 Å². The summed E-state index contributed by atoms with van der Waals surface area (Å²) in [6, 6.07) is 2.47. The molecule has 1 N–H and O–H groups in total. The van der Waals surface area contributed by atoms with E-state index in [4.69, 9.17) is 21.1 Å². The van der Waals surface area contributed by atoms with Crippen molar-refractivity contribution in [1.29, 1.82) is 0 Å². The van der Waals surface area contributed by atoms with Crippen LogP contribution in [0.1, 0.15) is 16.2 Å². The van der Waals surface area contributed by atoms with Gasteiger partial charge < -0.3 is 13.9 Å². The summed E-state index contributed by atoms with van der Waals surface area (Å²) in [5, 5.41) is 8.51. The number of carboxylic acids is 1. The predicted molar refractivity (Wildman–Crippen MR) is 51.2 cm³/mol. The summed E-state index contributed by atoms with van der Waals surface area (Å²) in [5.74, 6) is -3.98. The van der Waals surface area contributed by atoms with Crippen LogP contribution in [-0.2, 0) is 6.18 Å². The highest BCUT2D eigenvalue weighted by atomic mass is 35.5. The topological polar surface area (TPSA) is 76.5 Å². The maximum Gasteiger partial charge on any atom is 0.437 e. The van der Waals surface area contributed by atoms with Gasteiger partial charge in [0.25, 0.3) is 5.89 Å². The number of carboxylic acid groups (broad SMARTS) is 1. The van der Waals surface area contributed by atoms with Crippen LogP contribution in [0, 0.1) is 0 Å². The van der Waals surface area contributed by atoms with Gasteiger partial charge in [0.1, 0.15) is 0 Å². The minimum atomic E-state index is -4.94. The van der Waals surface area contributed by atoms with E-state index in [0.29, 0.717) is 0 Å². The first-order valence-corrected chi connectivity index (χ1v) is 4.74. The van der Waals surface area contributed by atoms with Gasteiger partial charge in [0.15, 0.2) is 16.7 Å². The zero-order valence-corrected chi connectivity index (χ0v) is 9.04. The Hall–Kier alpha value is -1.96. The van der Waals surface area contributed by atoms with Crippen molar-refractivity contribution >= 4 is 17.6 Å². The second-order valence-corrected chi connectivity index (χ2v) is 3.48. The van der Waals surface area contributed by atoms with Crippen LogP contribution in [0.2, 0.25) is 5.22 Å². The Morgan fingerprint density at radius 2 is 2.00 bits per heavy atom. The molecule has 96 valence electrons. The monoisotopic (exact) mass is 281 g/mol. The molecule has 0 aliphatic heterocycles. The van der Waals surface area contributed by atoms with Crippen LogP contribution in [0.4, 0.5) is 13.2 Å². The van der Waals surface area contributed by atoms with Crippen LogP contribution in [0.25, 0.3) is 11.7 Å². The van der Waals surface area contributed by atoms with Gasteiger partial charge in [0.05, 0.1) is 0 Å². The van der Waals surface area contributed by atoms with Crippen LogP contribution in [0.5, 0.6) is 0 Å².